The Bertz CT molecular complexity index is 1190. The minimum Gasteiger partial charge on any atom is -0.497 e. The van der Waals surface area contributed by atoms with E-state index in [2.05, 4.69) is 27.4 Å². The Morgan fingerprint density at radius 3 is 2.31 bits per heavy atom. The largest absolute Gasteiger partial charge is 0.497 e. The number of carbonyl (C=O) groups is 1. The second kappa shape index (κ2) is 11.9. The Morgan fingerprint density at radius 2 is 1.69 bits per heavy atom. The van der Waals surface area contributed by atoms with E-state index in [0.717, 1.165) is 22.3 Å². The molecule has 0 aromatic heterocycles. The van der Waals surface area contributed by atoms with Crippen molar-refractivity contribution in [1.82, 2.24) is 0 Å². The lowest BCUT2D eigenvalue weighted by Crippen LogP contribution is -2.13. The number of benzene rings is 3. The van der Waals surface area contributed by atoms with Crippen LogP contribution in [0.4, 0.5) is 4.39 Å². The number of esters is 1. The van der Waals surface area contributed by atoms with Crippen LogP contribution in [0.1, 0.15) is 56.7 Å². The van der Waals surface area contributed by atoms with Crippen molar-refractivity contribution in [2.75, 3.05) is 13.7 Å². The van der Waals surface area contributed by atoms with Gasteiger partial charge >= 0.3 is 5.97 Å². The average Bonchev–Trinajstić information content (AvgIpc) is 2.86. The van der Waals surface area contributed by atoms with Gasteiger partial charge in [-0.3, -0.25) is 4.79 Å². The fourth-order valence-electron chi connectivity index (χ4n) is 4.11. The number of hydrogen-bond acceptors (Lipinski definition) is 4. The molecule has 0 saturated heterocycles. The fourth-order valence-corrected chi connectivity index (χ4v) is 4.11. The molecule has 0 heterocycles. The molecule has 3 aromatic rings. The van der Waals surface area contributed by atoms with Gasteiger partial charge in [-0.15, -0.1) is 6.58 Å². The van der Waals surface area contributed by atoms with Crippen molar-refractivity contribution in [2.24, 2.45) is 0 Å². The molecule has 0 aliphatic rings. The monoisotopic (exact) mass is 490 g/mol. The van der Waals surface area contributed by atoms with Crippen molar-refractivity contribution < 1.29 is 23.4 Å². The van der Waals surface area contributed by atoms with Gasteiger partial charge in [-0.1, -0.05) is 51.1 Å². The SMILES string of the molecule is C=CC(CC(=O)OCC)c1ccc(OCc2ccc(C(C)(C)C)c(-c3cc(OC)ccc3F)c2)cc1. The van der Waals surface area contributed by atoms with Crippen LogP contribution in [0.3, 0.4) is 0 Å². The zero-order valence-corrected chi connectivity index (χ0v) is 21.8. The van der Waals surface area contributed by atoms with Crippen molar-refractivity contribution in [3.63, 3.8) is 0 Å². The molecule has 190 valence electrons. The summed E-state index contributed by atoms with van der Waals surface area (Å²) in [7, 11) is 1.57. The second-order valence-electron chi connectivity index (χ2n) is 9.68. The molecule has 1 atom stereocenters. The third-order valence-corrected chi connectivity index (χ3v) is 6.05. The smallest absolute Gasteiger partial charge is 0.306 e. The van der Waals surface area contributed by atoms with Gasteiger partial charge in [-0.25, -0.2) is 4.39 Å². The van der Waals surface area contributed by atoms with E-state index in [9.17, 15) is 9.18 Å². The van der Waals surface area contributed by atoms with E-state index >= 15 is 0 Å². The number of hydrogen-bond donors (Lipinski definition) is 0. The standard InChI is InChI=1S/C31H35FO4/c1-7-22(18-30(33)35-8-2)23-10-12-24(13-11-23)36-20-21-9-15-28(31(3,4)5)26(17-21)27-19-25(34-6)14-16-29(27)32/h7,9-17,19,22H,1,8,18,20H2,2-6H3. The molecule has 0 bridgehead atoms. The first-order chi connectivity index (χ1) is 17.2. The van der Waals surface area contributed by atoms with Gasteiger partial charge in [-0.05, 0) is 71.0 Å². The summed E-state index contributed by atoms with van der Waals surface area (Å²) in [5.74, 6) is 0.642. The number of methoxy groups -OCH3 is 1. The molecular formula is C31H35FO4. The van der Waals surface area contributed by atoms with Gasteiger partial charge in [0.15, 0.2) is 0 Å². The Balaban J connectivity index is 1.81. The van der Waals surface area contributed by atoms with Crippen LogP contribution in [-0.4, -0.2) is 19.7 Å². The van der Waals surface area contributed by atoms with Gasteiger partial charge in [0, 0.05) is 11.5 Å². The predicted octanol–water partition coefficient (Wildman–Crippen LogP) is 7.60. The van der Waals surface area contributed by atoms with E-state index < -0.39 is 0 Å². The zero-order chi connectivity index (χ0) is 26.3. The molecule has 36 heavy (non-hydrogen) atoms. The molecule has 0 spiro atoms. The number of halogens is 1. The molecular weight excluding hydrogens is 455 g/mol. The Hall–Kier alpha value is -3.60. The van der Waals surface area contributed by atoms with Gasteiger partial charge in [0.1, 0.15) is 23.9 Å². The molecule has 0 saturated carbocycles. The Labute approximate surface area is 213 Å². The van der Waals surface area contributed by atoms with Crippen LogP contribution in [0, 0.1) is 5.82 Å². The van der Waals surface area contributed by atoms with Crippen molar-refractivity contribution in [3.05, 3.63) is 95.8 Å². The van der Waals surface area contributed by atoms with Crippen molar-refractivity contribution >= 4 is 5.97 Å². The normalized spacial score (nSPS) is 12.1. The third kappa shape index (κ3) is 6.75. The van der Waals surface area contributed by atoms with Crippen LogP contribution < -0.4 is 9.47 Å². The van der Waals surface area contributed by atoms with Gasteiger partial charge in [0.05, 0.1) is 20.1 Å². The lowest BCUT2D eigenvalue weighted by Gasteiger charge is -2.24. The van der Waals surface area contributed by atoms with E-state index in [1.807, 2.05) is 42.5 Å². The molecule has 4 nitrogen and oxygen atoms in total. The minimum absolute atomic E-state index is 0.122. The molecule has 5 heteroatoms. The van der Waals surface area contributed by atoms with E-state index in [4.69, 9.17) is 14.2 Å². The lowest BCUT2D eigenvalue weighted by atomic mass is 9.81. The number of allylic oxidation sites excluding steroid dienone is 1. The van der Waals surface area contributed by atoms with Crippen LogP contribution >= 0.6 is 0 Å². The summed E-state index contributed by atoms with van der Waals surface area (Å²) >= 11 is 0. The molecule has 1 unspecified atom stereocenters. The average molecular weight is 491 g/mol. The highest BCUT2D eigenvalue weighted by molar-refractivity contribution is 5.72. The summed E-state index contributed by atoms with van der Waals surface area (Å²) < 4.78 is 31.3. The molecule has 0 N–H and O–H groups in total. The molecule has 3 rings (SSSR count). The summed E-state index contributed by atoms with van der Waals surface area (Å²) in [6.07, 6.45) is 2.00. The molecule has 0 radical (unpaired) electrons. The highest BCUT2D eigenvalue weighted by atomic mass is 19.1. The first kappa shape index (κ1) is 27.0. The number of rotatable bonds is 10. The van der Waals surface area contributed by atoms with Crippen LogP contribution in [0.5, 0.6) is 11.5 Å². The maximum atomic E-state index is 14.9. The summed E-state index contributed by atoms with van der Waals surface area (Å²) in [6, 6.07) is 18.5. The third-order valence-electron chi connectivity index (χ3n) is 6.05. The topological polar surface area (TPSA) is 44.8 Å². The fraction of sp³-hybridized carbons (Fsp3) is 0.323. The highest BCUT2D eigenvalue weighted by Gasteiger charge is 2.21. The highest BCUT2D eigenvalue weighted by Crippen LogP contribution is 2.37. The summed E-state index contributed by atoms with van der Waals surface area (Å²) in [4.78, 5) is 11.9. The Morgan fingerprint density at radius 1 is 1.00 bits per heavy atom. The first-order valence-electron chi connectivity index (χ1n) is 12.1. The maximum absolute atomic E-state index is 14.9. The van der Waals surface area contributed by atoms with Gasteiger partial charge in [0.2, 0.25) is 0 Å². The number of carbonyl (C=O) groups excluding carboxylic acids is 1. The maximum Gasteiger partial charge on any atom is 0.306 e. The van der Waals surface area contributed by atoms with Gasteiger partial charge in [-0.2, -0.15) is 0 Å². The van der Waals surface area contributed by atoms with Crippen LogP contribution in [0.2, 0.25) is 0 Å². The van der Waals surface area contributed by atoms with Crippen molar-refractivity contribution in [3.8, 4) is 22.6 Å². The van der Waals surface area contributed by atoms with Crippen molar-refractivity contribution in [2.45, 2.75) is 52.1 Å². The molecule has 0 aliphatic heterocycles. The van der Waals surface area contributed by atoms with Crippen LogP contribution in [0.25, 0.3) is 11.1 Å². The van der Waals surface area contributed by atoms with Crippen LogP contribution in [0.15, 0.2) is 73.3 Å². The summed E-state index contributed by atoms with van der Waals surface area (Å²) in [5, 5.41) is 0. The predicted molar refractivity (Wildman–Crippen MR) is 142 cm³/mol. The summed E-state index contributed by atoms with van der Waals surface area (Å²) in [5.41, 5.74) is 4.09. The quantitative estimate of drug-likeness (QED) is 0.217. The van der Waals surface area contributed by atoms with E-state index in [0.29, 0.717) is 30.3 Å². The van der Waals surface area contributed by atoms with E-state index in [-0.39, 0.29) is 29.5 Å². The zero-order valence-electron chi connectivity index (χ0n) is 21.8. The van der Waals surface area contributed by atoms with E-state index in [1.165, 1.54) is 6.07 Å². The minimum atomic E-state index is -0.297. The van der Waals surface area contributed by atoms with Gasteiger partial charge in [0.25, 0.3) is 0 Å². The first-order valence-corrected chi connectivity index (χ1v) is 12.1. The van der Waals surface area contributed by atoms with E-state index in [1.54, 1.807) is 32.2 Å². The molecule has 0 fully saturated rings. The van der Waals surface area contributed by atoms with Crippen molar-refractivity contribution in [1.29, 1.82) is 0 Å². The molecule has 3 aromatic carbocycles. The summed E-state index contributed by atoms with van der Waals surface area (Å²) in [6.45, 7) is 12.7. The van der Waals surface area contributed by atoms with Crippen LogP contribution in [-0.2, 0) is 21.6 Å². The van der Waals surface area contributed by atoms with Gasteiger partial charge < -0.3 is 14.2 Å². The second-order valence-corrected chi connectivity index (χ2v) is 9.68. The molecule has 0 amide bonds. The number of ether oxygens (including phenoxy) is 3. The molecule has 0 aliphatic carbocycles. The Kier molecular flexibility index (Phi) is 8.92. The lowest BCUT2D eigenvalue weighted by molar-refractivity contribution is -0.143.